The maximum Gasteiger partial charge on any atom is 0.415 e. The summed E-state index contributed by atoms with van der Waals surface area (Å²) in [6.45, 7) is 4.38. The number of amides is 1. The van der Waals surface area contributed by atoms with Gasteiger partial charge in [0.25, 0.3) is 0 Å². The first-order valence-electron chi connectivity index (χ1n) is 11.9. The van der Waals surface area contributed by atoms with Crippen LogP contribution in [0.1, 0.15) is 25.3 Å². The van der Waals surface area contributed by atoms with Crippen LogP contribution >= 0.6 is 0 Å². The molecule has 0 saturated carbocycles. The lowest BCUT2D eigenvalue weighted by atomic mass is 9.91. The minimum Gasteiger partial charge on any atom is -0.494 e. The van der Waals surface area contributed by atoms with Crippen molar-refractivity contribution in [2.24, 2.45) is 0 Å². The molecule has 9 heteroatoms. The second-order valence-corrected chi connectivity index (χ2v) is 9.18. The average molecular weight is 478 g/mol. The van der Waals surface area contributed by atoms with E-state index in [2.05, 4.69) is 34.2 Å². The number of aromatic nitrogens is 2. The minimum absolute atomic E-state index is 0.351. The van der Waals surface area contributed by atoms with E-state index in [1.807, 2.05) is 30.3 Å². The number of benzene rings is 2. The van der Waals surface area contributed by atoms with Crippen molar-refractivity contribution >= 4 is 34.2 Å². The van der Waals surface area contributed by atoms with Crippen molar-refractivity contribution in [3.8, 4) is 11.5 Å². The van der Waals surface area contributed by atoms with Crippen molar-refractivity contribution < 1.29 is 19.0 Å². The number of hydrogen-bond donors (Lipinski definition) is 1. The molecule has 1 aromatic heterocycles. The molecular weight excluding hydrogens is 446 g/mol. The smallest absolute Gasteiger partial charge is 0.415 e. The Kier molecular flexibility index (Phi) is 6.10. The third-order valence-electron chi connectivity index (χ3n) is 7.03. The molecule has 2 fully saturated rings. The van der Waals surface area contributed by atoms with Crippen LogP contribution < -0.4 is 19.7 Å². The fourth-order valence-electron chi connectivity index (χ4n) is 4.97. The first kappa shape index (κ1) is 23.2. The van der Waals surface area contributed by atoms with Crippen molar-refractivity contribution in [1.29, 1.82) is 0 Å². The van der Waals surface area contributed by atoms with Gasteiger partial charge in [-0.3, -0.25) is 4.90 Å². The average Bonchev–Trinajstić information content (AvgIpc) is 3.20. The van der Waals surface area contributed by atoms with Crippen molar-refractivity contribution in [3.63, 3.8) is 0 Å². The fourth-order valence-corrected chi connectivity index (χ4v) is 4.97. The number of carbonyl (C=O) groups excluding carboxylic acids is 1. The quantitative estimate of drug-likeness (QED) is 0.560. The van der Waals surface area contributed by atoms with Crippen LogP contribution in [-0.2, 0) is 11.2 Å². The highest BCUT2D eigenvalue weighted by atomic mass is 16.6. The number of rotatable bonds is 6. The van der Waals surface area contributed by atoms with Crippen molar-refractivity contribution in [1.82, 2.24) is 14.9 Å². The summed E-state index contributed by atoms with van der Waals surface area (Å²) in [7, 11) is 5.35. The lowest BCUT2D eigenvalue weighted by molar-refractivity contribution is 0.00678. The number of aryl methyl sites for hydroxylation is 1. The molecule has 184 valence electrons. The van der Waals surface area contributed by atoms with Crippen molar-refractivity contribution in [2.45, 2.75) is 31.8 Å². The Morgan fingerprint density at radius 3 is 2.66 bits per heavy atom. The first-order valence-corrected chi connectivity index (χ1v) is 11.9. The second-order valence-electron chi connectivity index (χ2n) is 9.18. The van der Waals surface area contributed by atoms with Crippen LogP contribution in [0.4, 0.5) is 22.0 Å². The number of methoxy groups -OCH3 is 2. The van der Waals surface area contributed by atoms with E-state index in [4.69, 9.17) is 14.2 Å². The van der Waals surface area contributed by atoms with Gasteiger partial charge in [-0.25, -0.2) is 14.8 Å². The zero-order chi connectivity index (χ0) is 24.6. The molecule has 9 nitrogen and oxygen atoms in total. The number of piperidine rings is 1. The number of hydrogen-bond acceptors (Lipinski definition) is 8. The van der Waals surface area contributed by atoms with Gasteiger partial charge in [-0.2, -0.15) is 0 Å². The summed E-state index contributed by atoms with van der Waals surface area (Å²) < 4.78 is 17.3. The van der Waals surface area contributed by atoms with Gasteiger partial charge in [-0.15, -0.1) is 0 Å². The van der Waals surface area contributed by atoms with E-state index in [-0.39, 0.29) is 6.09 Å². The Morgan fingerprint density at radius 2 is 1.94 bits per heavy atom. The Bertz CT molecular complexity index is 1260. The van der Waals surface area contributed by atoms with E-state index in [0.717, 1.165) is 54.7 Å². The van der Waals surface area contributed by atoms with Gasteiger partial charge in [0.2, 0.25) is 0 Å². The molecule has 0 radical (unpaired) electrons. The van der Waals surface area contributed by atoms with E-state index in [9.17, 15) is 4.79 Å². The van der Waals surface area contributed by atoms with Crippen molar-refractivity contribution in [2.75, 3.05) is 51.1 Å². The molecule has 0 unspecified atom stereocenters. The largest absolute Gasteiger partial charge is 0.494 e. The predicted octanol–water partition coefficient (Wildman–Crippen LogP) is 4.37. The molecule has 5 rings (SSSR count). The van der Waals surface area contributed by atoms with Gasteiger partial charge in [0.05, 0.1) is 37.7 Å². The Hall–Kier alpha value is -3.59. The van der Waals surface area contributed by atoms with Gasteiger partial charge in [0.1, 0.15) is 29.2 Å². The monoisotopic (exact) mass is 477 g/mol. The van der Waals surface area contributed by atoms with Gasteiger partial charge < -0.3 is 24.4 Å². The maximum atomic E-state index is 13.0. The molecule has 3 heterocycles. The van der Waals surface area contributed by atoms with Gasteiger partial charge in [-0.05, 0) is 31.2 Å². The molecule has 0 atom stereocenters. The van der Waals surface area contributed by atoms with Crippen LogP contribution in [0.25, 0.3) is 10.9 Å². The lowest BCUT2D eigenvalue weighted by Gasteiger charge is -2.35. The van der Waals surface area contributed by atoms with Crippen LogP contribution in [0.3, 0.4) is 0 Å². The molecule has 35 heavy (non-hydrogen) atoms. The zero-order valence-corrected chi connectivity index (χ0v) is 20.6. The Balaban J connectivity index is 1.55. The first-order chi connectivity index (χ1) is 17.0. The standard InChI is InChI=1S/C26H31N5O4/c1-5-17-7-6-8-19(23(17)34-4)29-24-18-13-21(22(33-3)14-20(18)27-16-28-24)31-15-26(35-25(31)32)9-11-30(2)12-10-26/h6-8,13-14,16H,5,9-12,15H2,1-4H3,(H,27,28,29). The van der Waals surface area contributed by atoms with Crippen LogP contribution in [0.5, 0.6) is 11.5 Å². The summed E-state index contributed by atoms with van der Waals surface area (Å²) in [6, 6.07) is 9.73. The van der Waals surface area contributed by atoms with Crippen LogP contribution in [0, 0.1) is 0 Å². The van der Waals surface area contributed by atoms with Crippen LogP contribution in [0.15, 0.2) is 36.7 Å². The Labute approximate surface area is 205 Å². The normalized spacial score (nSPS) is 17.6. The van der Waals surface area contributed by atoms with Gasteiger partial charge in [0.15, 0.2) is 0 Å². The summed E-state index contributed by atoms with van der Waals surface area (Å²) in [5.41, 5.74) is 2.80. The molecule has 1 spiro atoms. The van der Waals surface area contributed by atoms with Crippen LogP contribution in [-0.4, -0.2) is 67.5 Å². The molecule has 2 aliphatic rings. The second kappa shape index (κ2) is 9.22. The summed E-state index contributed by atoms with van der Waals surface area (Å²) >= 11 is 0. The molecule has 2 aliphatic heterocycles. The number of nitrogens with one attached hydrogen (secondary N) is 1. The number of carbonyl (C=O) groups is 1. The number of ether oxygens (including phenoxy) is 3. The number of nitrogens with zero attached hydrogens (tertiary/aromatic N) is 4. The number of para-hydroxylation sites is 1. The highest BCUT2D eigenvalue weighted by Crippen LogP contribution is 2.42. The van der Waals surface area contributed by atoms with E-state index < -0.39 is 5.60 Å². The molecule has 2 saturated heterocycles. The summed E-state index contributed by atoms with van der Waals surface area (Å²) in [6.07, 6.45) is 3.63. The van der Waals surface area contributed by atoms with E-state index in [1.54, 1.807) is 19.1 Å². The summed E-state index contributed by atoms with van der Waals surface area (Å²) in [5, 5.41) is 4.18. The molecule has 1 amide bonds. The number of likely N-dealkylation sites (tertiary alicyclic amines) is 1. The third kappa shape index (κ3) is 4.20. The topological polar surface area (TPSA) is 89.1 Å². The highest BCUT2D eigenvalue weighted by Gasteiger charge is 2.47. The van der Waals surface area contributed by atoms with E-state index in [1.165, 1.54) is 6.33 Å². The predicted molar refractivity (Wildman–Crippen MR) is 135 cm³/mol. The molecule has 0 bridgehead atoms. The summed E-state index contributed by atoms with van der Waals surface area (Å²) in [5.74, 6) is 1.96. The van der Waals surface area contributed by atoms with Gasteiger partial charge >= 0.3 is 6.09 Å². The SMILES string of the molecule is CCc1cccc(Nc2ncnc3cc(OC)c(N4CC5(CCN(C)CC5)OC4=O)cc23)c1OC. The fraction of sp³-hybridized carbons (Fsp3) is 0.423. The highest BCUT2D eigenvalue weighted by molar-refractivity contribution is 6.00. The lowest BCUT2D eigenvalue weighted by Crippen LogP contribution is -2.45. The van der Waals surface area contributed by atoms with E-state index >= 15 is 0 Å². The maximum absolute atomic E-state index is 13.0. The van der Waals surface area contributed by atoms with Crippen molar-refractivity contribution in [3.05, 3.63) is 42.2 Å². The minimum atomic E-state index is -0.466. The number of fused-ring (bicyclic) bond motifs is 1. The zero-order valence-electron chi connectivity index (χ0n) is 20.6. The summed E-state index contributed by atoms with van der Waals surface area (Å²) in [4.78, 5) is 25.9. The van der Waals surface area contributed by atoms with E-state index in [0.29, 0.717) is 29.3 Å². The van der Waals surface area contributed by atoms with Gasteiger partial charge in [0, 0.05) is 37.4 Å². The Morgan fingerprint density at radius 1 is 1.14 bits per heavy atom. The molecule has 3 aromatic rings. The number of anilines is 3. The molecule has 1 N–H and O–H groups in total. The molecule has 0 aliphatic carbocycles. The third-order valence-corrected chi connectivity index (χ3v) is 7.03. The molecule has 2 aromatic carbocycles. The van der Waals surface area contributed by atoms with Gasteiger partial charge in [-0.1, -0.05) is 19.1 Å². The molecular formula is C26H31N5O4. The van der Waals surface area contributed by atoms with Crippen LogP contribution in [0.2, 0.25) is 0 Å².